The van der Waals surface area contributed by atoms with E-state index in [9.17, 15) is 0 Å². The number of nitrogens with zero attached hydrogens (tertiary/aromatic N) is 2. The minimum Gasteiger partial charge on any atom is -0.368 e. The zero-order chi connectivity index (χ0) is 10.4. The van der Waals surface area contributed by atoms with Gasteiger partial charge in [-0.3, -0.25) is 0 Å². The van der Waals surface area contributed by atoms with Crippen LogP contribution in [0.25, 0.3) is 0 Å². The van der Waals surface area contributed by atoms with Gasteiger partial charge in [0.2, 0.25) is 5.95 Å². The van der Waals surface area contributed by atoms with E-state index in [1.807, 2.05) is 13.0 Å². The van der Waals surface area contributed by atoms with Gasteiger partial charge in [-0.1, -0.05) is 19.8 Å². The van der Waals surface area contributed by atoms with Gasteiger partial charge in [-0.05, 0) is 25.2 Å². The maximum atomic E-state index is 5.55. The lowest BCUT2D eigenvalue weighted by molar-refractivity contribution is 0.778. The van der Waals surface area contributed by atoms with E-state index in [1.165, 1.54) is 19.3 Å². The van der Waals surface area contributed by atoms with Crippen LogP contribution >= 0.6 is 11.8 Å². The van der Waals surface area contributed by atoms with Crippen molar-refractivity contribution < 1.29 is 0 Å². The molecule has 0 aliphatic heterocycles. The molecule has 1 rings (SSSR count). The van der Waals surface area contributed by atoms with Crippen LogP contribution in [0.4, 0.5) is 5.95 Å². The smallest absolute Gasteiger partial charge is 0.221 e. The molecule has 1 aromatic rings. The number of aryl methyl sites for hydroxylation is 1. The predicted octanol–water partition coefficient (Wildman–Crippen LogP) is 2.65. The fourth-order valence-electron chi connectivity index (χ4n) is 1.16. The second-order valence-electron chi connectivity index (χ2n) is 3.26. The Morgan fingerprint density at radius 2 is 2.14 bits per heavy atom. The van der Waals surface area contributed by atoms with Crippen LogP contribution in [0, 0.1) is 6.92 Å². The molecule has 2 N–H and O–H groups in total. The Balaban J connectivity index is 2.42. The number of anilines is 1. The van der Waals surface area contributed by atoms with Crippen molar-refractivity contribution in [3.63, 3.8) is 0 Å². The Morgan fingerprint density at radius 3 is 2.79 bits per heavy atom. The lowest BCUT2D eigenvalue weighted by atomic mass is 10.3. The van der Waals surface area contributed by atoms with Crippen molar-refractivity contribution >= 4 is 17.7 Å². The highest BCUT2D eigenvalue weighted by Crippen LogP contribution is 2.18. The summed E-state index contributed by atoms with van der Waals surface area (Å²) in [5, 5.41) is 0.992. The van der Waals surface area contributed by atoms with Gasteiger partial charge in [-0.15, -0.1) is 11.8 Å². The average Bonchev–Trinajstić information content (AvgIpc) is 2.11. The second-order valence-corrected chi connectivity index (χ2v) is 4.38. The van der Waals surface area contributed by atoms with E-state index in [0.717, 1.165) is 16.5 Å². The molecule has 3 nitrogen and oxygen atoms in total. The minimum atomic E-state index is 0.378. The number of nitrogen functional groups attached to an aromatic ring is 1. The Hall–Kier alpha value is -0.770. The standard InChI is InChI=1S/C10H17N3S/c1-3-4-5-6-14-9-7-8(2)12-10(11)13-9/h7H,3-6H2,1-2H3,(H2,11,12,13). The van der Waals surface area contributed by atoms with Crippen LogP contribution in [0.1, 0.15) is 31.9 Å². The molecule has 0 saturated carbocycles. The molecule has 14 heavy (non-hydrogen) atoms. The normalized spacial score (nSPS) is 10.4. The number of thioether (sulfide) groups is 1. The van der Waals surface area contributed by atoms with Crippen LogP contribution in [0.3, 0.4) is 0 Å². The largest absolute Gasteiger partial charge is 0.368 e. The highest BCUT2D eigenvalue weighted by Gasteiger charge is 1.99. The van der Waals surface area contributed by atoms with Crippen LogP contribution in [0.5, 0.6) is 0 Å². The Labute approximate surface area is 89.5 Å². The van der Waals surface area contributed by atoms with Gasteiger partial charge in [0.05, 0.1) is 0 Å². The zero-order valence-electron chi connectivity index (χ0n) is 8.79. The topological polar surface area (TPSA) is 51.8 Å². The van der Waals surface area contributed by atoms with Crippen LogP contribution in [0.15, 0.2) is 11.1 Å². The lowest BCUT2D eigenvalue weighted by Gasteiger charge is -2.02. The molecule has 0 amide bonds. The van der Waals surface area contributed by atoms with E-state index in [4.69, 9.17) is 5.73 Å². The summed E-state index contributed by atoms with van der Waals surface area (Å²) in [5.41, 5.74) is 6.49. The molecule has 1 heterocycles. The van der Waals surface area contributed by atoms with Crippen molar-refractivity contribution in [3.05, 3.63) is 11.8 Å². The first kappa shape index (κ1) is 11.3. The molecular weight excluding hydrogens is 194 g/mol. The van der Waals surface area contributed by atoms with Crippen molar-refractivity contribution in [2.45, 2.75) is 38.1 Å². The van der Waals surface area contributed by atoms with Crippen LogP contribution < -0.4 is 5.73 Å². The van der Waals surface area contributed by atoms with E-state index in [-0.39, 0.29) is 0 Å². The van der Waals surface area contributed by atoms with Gasteiger partial charge in [0.15, 0.2) is 0 Å². The first-order valence-corrected chi connectivity index (χ1v) is 5.95. The summed E-state index contributed by atoms with van der Waals surface area (Å²) in [7, 11) is 0. The molecule has 78 valence electrons. The third kappa shape index (κ3) is 3.96. The summed E-state index contributed by atoms with van der Waals surface area (Å²) >= 11 is 1.76. The van der Waals surface area contributed by atoms with Crippen LogP contribution in [-0.2, 0) is 0 Å². The van der Waals surface area contributed by atoms with E-state index >= 15 is 0 Å². The Bertz CT molecular complexity index is 268. The lowest BCUT2D eigenvalue weighted by Crippen LogP contribution is -1.97. The Kier molecular flexibility index (Phi) is 4.73. The van der Waals surface area contributed by atoms with E-state index in [2.05, 4.69) is 16.9 Å². The third-order valence-electron chi connectivity index (χ3n) is 1.85. The van der Waals surface area contributed by atoms with Crippen molar-refractivity contribution in [1.82, 2.24) is 9.97 Å². The molecule has 0 atom stereocenters. The number of unbranched alkanes of at least 4 members (excludes halogenated alkanes) is 2. The summed E-state index contributed by atoms with van der Waals surface area (Å²) in [6.07, 6.45) is 3.78. The molecule has 1 aromatic heterocycles. The molecule has 0 saturated heterocycles. The molecule has 0 radical (unpaired) electrons. The van der Waals surface area contributed by atoms with Gasteiger partial charge in [-0.25, -0.2) is 9.97 Å². The molecule has 0 bridgehead atoms. The first-order chi connectivity index (χ1) is 6.72. The maximum Gasteiger partial charge on any atom is 0.221 e. The molecule has 0 aliphatic carbocycles. The minimum absolute atomic E-state index is 0.378. The average molecular weight is 211 g/mol. The quantitative estimate of drug-likeness (QED) is 0.462. The molecular formula is C10H17N3S. The number of rotatable bonds is 5. The summed E-state index contributed by atoms with van der Waals surface area (Å²) < 4.78 is 0. The SMILES string of the molecule is CCCCCSc1cc(C)nc(N)n1. The van der Waals surface area contributed by atoms with Gasteiger partial charge in [-0.2, -0.15) is 0 Å². The number of nitrogens with two attached hydrogens (primary N) is 1. The molecule has 4 heteroatoms. The van der Waals surface area contributed by atoms with Crippen molar-refractivity contribution in [2.24, 2.45) is 0 Å². The van der Waals surface area contributed by atoms with Gasteiger partial charge in [0.25, 0.3) is 0 Å². The third-order valence-corrected chi connectivity index (χ3v) is 2.84. The highest BCUT2D eigenvalue weighted by atomic mass is 32.2. The van der Waals surface area contributed by atoms with Gasteiger partial charge >= 0.3 is 0 Å². The second kappa shape index (κ2) is 5.86. The first-order valence-electron chi connectivity index (χ1n) is 4.96. The summed E-state index contributed by atoms with van der Waals surface area (Å²) in [6.45, 7) is 4.14. The number of hydrogen-bond donors (Lipinski definition) is 1. The number of aromatic nitrogens is 2. The zero-order valence-corrected chi connectivity index (χ0v) is 9.60. The summed E-state index contributed by atoms with van der Waals surface area (Å²) in [5.74, 6) is 1.49. The monoisotopic (exact) mass is 211 g/mol. The highest BCUT2D eigenvalue weighted by molar-refractivity contribution is 7.99. The molecule has 0 aromatic carbocycles. The van der Waals surface area contributed by atoms with Crippen molar-refractivity contribution in [2.75, 3.05) is 11.5 Å². The number of hydrogen-bond acceptors (Lipinski definition) is 4. The molecule has 0 aliphatic rings. The van der Waals surface area contributed by atoms with Gasteiger partial charge < -0.3 is 5.73 Å². The summed E-state index contributed by atoms with van der Waals surface area (Å²) in [4.78, 5) is 8.19. The Morgan fingerprint density at radius 1 is 1.36 bits per heavy atom. The van der Waals surface area contributed by atoms with Gasteiger partial charge in [0, 0.05) is 5.69 Å². The molecule has 0 unspecified atom stereocenters. The van der Waals surface area contributed by atoms with Crippen molar-refractivity contribution in [1.29, 1.82) is 0 Å². The van der Waals surface area contributed by atoms with Crippen LogP contribution in [0.2, 0.25) is 0 Å². The van der Waals surface area contributed by atoms with E-state index in [1.54, 1.807) is 11.8 Å². The van der Waals surface area contributed by atoms with Gasteiger partial charge in [0.1, 0.15) is 5.03 Å². The van der Waals surface area contributed by atoms with E-state index < -0.39 is 0 Å². The fourth-order valence-corrected chi connectivity index (χ4v) is 2.13. The molecule has 0 spiro atoms. The maximum absolute atomic E-state index is 5.55. The predicted molar refractivity (Wildman–Crippen MR) is 61.4 cm³/mol. The van der Waals surface area contributed by atoms with Crippen LogP contribution in [-0.4, -0.2) is 15.7 Å². The van der Waals surface area contributed by atoms with Crippen molar-refractivity contribution in [3.8, 4) is 0 Å². The van der Waals surface area contributed by atoms with E-state index in [0.29, 0.717) is 5.95 Å². The molecule has 0 fully saturated rings. The fraction of sp³-hybridized carbons (Fsp3) is 0.600. The summed E-state index contributed by atoms with van der Waals surface area (Å²) in [6, 6.07) is 1.98.